The predicted molar refractivity (Wildman–Crippen MR) is 113 cm³/mol. The van der Waals surface area contributed by atoms with Crippen LogP contribution >= 0.6 is 23.1 Å². The number of carboxylic acids is 1. The normalized spacial score (nSPS) is 19.2. The SMILES string of the molecule is CC1CCC(c2cccnc2N(C)C(=O)Nc2ncc(SCC(=O)O)s2)CC1. The van der Waals surface area contributed by atoms with Crippen LogP contribution in [0.2, 0.25) is 0 Å². The number of aliphatic carboxylic acids is 1. The molecule has 1 aliphatic carbocycles. The van der Waals surface area contributed by atoms with E-state index in [1.807, 2.05) is 6.07 Å². The van der Waals surface area contributed by atoms with E-state index in [4.69, 9.17) is 5.11 Å². The molecule has 0 saturated heterocycles. The number of carbonyl (C=O) groups excluding carboxylic acids is 1. The second-order valence-electron chi connectivity index (χ2n) is 7.03. The highest BCUT2D eigenvalue weighted by atomic mass is 32.2. The van der Waals surface area contributed by atoms with Gasteiger partial charge in [0.2, 0.25) is 0 Å². The van der Waals surface area contributed by atoms with E-state index in [-0.39, 0.29) is 11.8 Å². The number of nitrogens with zero attached hydrogens (tertiary/aromatic N) is 3. The third-order valence-electron chi connectivity index (χ3n) is 4.93. The zero-order valence-electron chi connectivity index (χ0n) is 15.9. The maximum Gasteiger partial charge on any atom is 0.329 e. The first-order chi connectivity index (χ1) is 13.4. The second-order valence-corrected chi connectivity index (χ2v) is 9.34. The van der Waals surface area contributed by atoms with E-state index < -0.39 is 5.97 Å². The van der Waals surface area contributed by atoms with Crippen molar-refractivity contribution >= 4 is 46.0 Å². The van der Waals surface area contributed by atoms with Crippen molar-refractivity contribution in [1.29, 1.82) is 0 Å². The van der Waals surface area contributed by atoms with Gasteiger partial charge in [0.15, 0.2) is 5.13 Å². The fourth-order valence-corrected chi connectivity index (χ4v) is 4.95. The minimum Gasteiger partial charge on any atom is -0.481 e. The Hall–Kier alpha value is -2.13. The van der Waals surface area contributed by atoms with Crippen LogP contribution in [0.3, 0.4) is 0 Å². The molecule has 1 fully saturated rings. The molecule has 2 N–H and O–H groups in total. The van der Waals surface area contributed by atoms with Crippen LogP contribution in [0.1, 0.15) is 44.1 Å². The van der Waals surface area contributed by atoms with Crippen LogP contribution in [-0.2, 0) is 4.79 Å². The number of anilines is 2. The third-order valence-corrected chi connectivity index (χ3v) is 7.02. The Morgan fingerprint density at radius 1 is 1.32 bits per heavy atom. The molecule has 0 bridgehead atoms. The summed E-state index contributed by atoms with van der Waals surface area (Å²) in [6.07, 6.45) is 7.91. The summed E-state index contributed by atoms with van der Waals surface area (Å²) in [7, 11) is 1.71. The van der Waals surface area contributed by atoms with Crippen molar-refractivity contribution in [2.45, 2.75) is 42.7 Å². The first-order valence-corrected chi connectivity index (χ1v) is 11.0. The van der Waals surface area contributed by atoms with Crippen LogP contribution in [0.25, 0.3) is 0 Å². The number of nitrogens with one attached hydrogen (secondary N) is 1. The Kier molecular flexibility index (Phi) is 6.90. The van der Waals surface area contributed by atoms with Crippen LogP contribution in [0.4, 0.5) is 15.7 Å². The van der Waals surface area contributed by atoms with E-state index in [1.165, 1.54) is 40.8 Å². The fourth-order valence-electron chi connectivity index (χ4n) is 3.37. The molecule has 0 radical (unpaired) electrons. The van der Waals surface area contributed by atoms with E-state index in [0.717, 1.165) is 28.5 Å². The van der Waals surface area contributed by atoms with Crippen molar-refractivity contribution in [1.82, 2.24) is 9.97 Å². The topological polar surface area (TPSA) is 95.4 Å². The van der Waals surface area contributed by atoms with Crippen LogP contribution in [0, 0.1) is 5.92 Å². The number of carbonyl (C=O) groups is 2. The van der Waals surface area contributed by atoms with Crippen LogP contribution < -0.4 is 10.2 Å². The van der Waals surface area contributed by atoms with Gasteiger partial charge in [0, 0.05) is 13.2 Å². The van der Waals surface area contributed by atoms with Gasteiger partial charge >= 0.3 is 12.0 Å². The highest BCUT2D eigenvalue weighted by Crippen LogP contribution is 2.38. The molecule has 3 rings (SSSR count). The number of aromatic nitrogens is 2. The van der Waals surface area contributed by atoms with E-state index >= 15 is 0 Å². The second kappa shape index (κ2) is 9.38. The van der Waals surface area contributed by atoms with E-state index in [1.54, 1.807) is 19.4 Å². The van der Waals surface area contributed by atoms with Gasteiger partial charge in [-0.2, -0.15) is 0 Å². The van der Waals surface area contributed by atoms with Gasteiger partial charge in [-0.1, -0.05) is 37.2 Å². The third kappa shape index (κ3) is 5.23. The number of thiazole rings is 1. The number of rotatable bonds is 6. The molecule has 2 aromatic heterocycles. The first-order valence-electron chi connectivity index (χ1n) is 9.24. The van der Waals surface area contributed by atoms with Crippen LogP contribution in [-0.4, -0.2) is 39.9 Å². The molecule has 2 amide bonds. The number of urea groups is 1. The lowest BCUT2D eigenvalue weighted by atomic mass is 9.79. The van der Waals surface area contributed by atoms with Crippen LogP contribution in [0.15, 0.2) is 28.7 Å². The average Bonchev–Trinajstić information content (AvgIpc) is 3.14. The van der Waals surface area contributed by atoms with Gasteiger partial charge in [-0.15, -0.1) is 11.8 Å². The molecular weight excluding hydrogens is 396 g/mol. The molecule has 2 aromatic rings. The maximum absolute atomic E-state index is 12.7. The lowest BCUT2D eigenvalue weighted by Crippen LogP contribution is -2.33. The summed E-state index contributed by atoms with van der Waals surface area (Å²) < 4.78 is 0.746. The van der Waals surface area contributed by atoms with Gasteiger partial charge in [-0.05, 0) is 36.3 Å². The Morgan fingerprint density at radius 3 is 2.79 bits per heavy atom. The van der Waals surface area contributed by atoms with Gasteiger partial charge in [-0.3, -0.25) is 15.0 Å². The lowest BCUT2D eigenvalue weighted by molar-refractivity contribution is -0.133. The summed E-state index contributed by atoms with van der Waals surface area (Å²) in [5.74, 6) is 0.942. The van der Waals surface area contributed by atoms with E-state index in [2.05, 4.69) is 28.3 Å². The summed E-state index contributed by atoms with van der Waals surface area (Å²) in [6, 6.07) is 3.68. The van der Waals surface area contributed by atoms with Crippen molar-refractivity contribution in [3.05, 3.63) is 30.1 Å². The highest BCUT2D eigenvalue weighted by Gasteiger charge is 2.25. The molecule has 9 heteroatoms. The largest absolute Gasteiger partial charge is 0.481 e. The van der Waals surface area contributed by atoms with Crippen molar-refractivity contribution in [2.75, 3.05) is 23.0 Å². The Morgan fingerprint density at radius 2 is 2.07 bits per heavy atom. The molecule has 0 unspecified atom stereocenters. The molecule has 0 atom stereocenters. The van der Waals surface area contributed by atoms with Crippen LogP contribution in [0.5, 0.6) is 0 Å². The van der Waals surface area contributed by atoms with Gasteiger partial charge in [0.25, 0.3) is 0 Å². The summed E-state index contributed by atoms with van der Waals surface area (Å²) >= 11 is 2.44. The Labute approximate surface area is 172 Å². The smallest absolute Gasteiger partial charge is 0.329 e. The zero-order valence-corrected chi connectivity index (χ0v) is 17.6. The van der Waals surface area contributed by atoms with Crippen molar-refractivity contribution < 1.29 is 14.7 Å². The number of amides is 2. The molecular formula is C19H24N4O3S2. The number of pyridine rings is 1. The molecule has 1 saturated carbocycles. The summed E-state index contributed by atoms with van der Waals surface area (Å²) in [5, 5.41) is 12.0. The average molecular weight is 421 g/mol. The van der Waals surface area contributed by atoms with E-state index in [0.29, 0.717) is 16.9 Å². The molecule has 2 heterocycles. The standard InChI is InChI=1S/C19H24N4O3S2/c1-12-5-7-13(8-6-12)14-4-3-9-20-17(14)23(2)19(26)22-18-21-10-16(28-18)27-11-15(24)25/h3-4,9-10,12-13H,5-8,11H2,1-2H3,(H,24,25)(H,21,22,26). The number of hydrogen-bond acceptors (Lipinski definition) is 6. The number of carboxylic acid groups (broad SMARTS) is 1. The fraction of sp³-hybridized carbons (Fsp3) is 0.474. The van der Waals surface area contributed by atoms with Gasteiger partial charge in [-0.25, -0.2) is 14.8 Å². The molecule has 0 spiro atoms. The van der Waals surface area contributed by atoms with Crippen molar-refractivity contribution in [3.8, 4) is 0 Å². The summed E-state index contributed by atoms with van der Waals surface area (Å²) in [6.45, 7) is 2.29. The Bertz CT molecular complexity index is 834. The minimum atomic E-state index is -0.886. The molecule has 0 aliphatic heterocycles. The summed E-state index contributed by atoms with van der Waals surface area (Å²) in [5.41, 5.74) is 1.11. The lowest BCUT2D eigenvalue weighted by Gasteiger charge is -2.29. The zero-order chi connectivity index (χ0) is 20.1. The van der Waals surface area contributed by atoms with Gasteiger partial charge in [0.05, 0.1) is 16.2 Å². The van der Waals surface area contributed by atoms with Crippen molar-refractivity contribution in [2.24, 2.45) is 5.92 Å². The molecule has 150 valence electrons. The van der Waals surface area contributed by atoms with Gasteiger partial charge in [0.1, 0.15) is 5.82 Å². The molecule has 1 aliphatic rings. The molecule has 7 nitrogen and oxygen atoms in total. The monoisotopic (exact) mass is 420 g/mol. The highest BCUT2D eigenvalue weighted by molar-refractivity contribution is 8.01. The molecule has 28 heavy (non-hydrogen) atoms. The minimum absolute atomic E-state index is 0.0349. The van der Waals surface area contributed by atoms with Gasteiger partial charge < -0.3 is 5.11 Å². The maximum atomic E-state index is 12.7. The predicted octanol–water partition coefficient (Wildman–Crippen LogP) is 4.68. The quantitative estimate of drug-likeness (QED) is 0.659. The first kappa shape index (κ1) is 20.6. The Balaban J connectivity index is 1.67. The molecule has 0 aromatic carbocycles. The summed E-state index contributed by atoms with van der Waals surface area (Å²) in [4.78, 5) is 33.5. The number of hydrogen-bond donors (Lipinski definition) is 2. The number of thioether (sulfide) groups is 1. The van der Waals surface area contributed by atoms with E-state index in [9.17, 15) is 9.59 Å². The van der Waals surface area contributed by atoms with Crippen molar-refractivity contribution in [3.63, 3.8) is 0 Å².